The SMILES string of the molecule is CC(C)C(=O)NC1CC(F)C1. The van der Waals surface area contributed by atoms with Gasteiger partial charge in [0.25, 0.3) is 0 Å². The van der Waals surface area contributed by atoms with E-state index in [4.69, 9.17) is 0 Å². The lowest BCUT2D eigenvalue weighted by atomic mass is 9.90. The van der Waals surface area contributed by atoms with Gasteiger partial charge in [-0.2, -0.15) is 0 Å². The van der Waals surface area contributed by atoms with Crippen LogP contribution in [0.1, 0.15) is 26.7 Å². The summed E-state index contributed by atoms with van der Waals surface area (Å²) in [4.78, 5) is 11.0. The maximum Gasteiger partial charge on any atom is 0.222 e. The molecular formula is C8H14FNO. The second kappa shape index (κ2) is 3.20. The van der Waals surface area contributed by atoms with Gasteiger partial charge in [-0.1, -0.05) is 13.8 Å². The zero-order valence-corrected chi connectivity index (χ0v) is 6.93. The van der Waals surface area contributed by atoms with Crippen molar-refractivity contribution in [3.63, 3.8) is 0 Å². The number of carbonyl (C=O) groups is 1. The van der Waals surface area contributed by atoms with Crippen LogP contribution in [0, 0.1) is 5.92 Å². The predicted octanol–water partition coefficient (Wildman–Crippen LogP) is 1.26. The third kappa shape index (κ3) is 2.17. The van der Waals surface area contributed by atoms with Crippen molar-refractivity contribution < 1.29 is 9.18 Å². The highest BCUT2D eigenvalue weighted by Gasteiger charge is 2.30. The van der Waals surface area contributed by atoms with Crippen LogP contribution in [-0.4, -0.2) is 18.1 Å². The highest BCUT2D eigenvalue weighted by Crippen LogP contribution is 2.23. The molecule has 0 heterocycles. The van der Waals surface area contributed by atoms with E-state index >= 15 is 0 Å². The third-order valence-corrected chi connectivity index (χ3v) is 1.95. The monoisotopic (exact) mass is 159 g/mol. The molecule has 0 atom stereocenters. The van der Waals surface area contributed by atoms with E-state index in [2.05, 4.69) is 5.32 Å². The summed E-state index contributed by atoms with van der Waals surface area (Å²) in [7, 11) is 0. The molecule has 0 aliphatic heterocycles. The Bertz CT molecular complexity index is 152. The van der Waals surface area contributed by atoms with E-state index in [1.54, 1.807) is 0 Å². The standard InChI is InChI=1S/C8H14FNO/c1-5(2)8(11)10-7-3-6(9)4-7/h5-7H,3-4H2,1-2H3,(H,10,11). The van der Waals surface area contributed by atoms with Gasteiger partial charge in [0.2, 0.25) is 5.91 Å². The number of alkyl halides is 1. The third-order valence-electron chi connectivity index (χ3n) is 1.95. The van der Waals surface area contributed by atoms with E-state index in [-0.39, 0.29) is 17.9 Å². The number of carbonyl (C=O) groups excluding carboxylic acids is 1. The molecule has 0 bridgehead atoms. The molecular weight excluding hydrogens is 145 g/mol. The van der Waals surface area contributed by atoms with Crippen LogP contribution in [0.2, 0.25) is 0 Å². The van der Waals surface area contributed by atoms with E-state index in [1.165, 1.54) is 0 Å². The maximum atomic E-state index is 12.3. The molecule has 0 aromatic rings. The van der Waals surface area contributed by atoms with Crippen LogP contribution >= 0.6 is 0 Å². The number of hydrogen-bond donors (Lipinski definition) is 1. The molecule has 0 radical (unpaired) electrons. The Morgan fingerprint density at radius 3 is 2.45 bits per heavy atom. The van der Waals surface area contributed by atoms with Gasteiger partial charge in [0, 0.05) is 12.0 Å². The van der Waals surface area contributed by atoms with Crippen molar-refractivity contribution in [1.82, 2.24) is 5.32 Å². The molecule has 1 aliphatic rings. The topological polar surface area (TPSA) is 29.1 Å². The maximum absolute atomic E-state index is 12.3. The van der Waals surface area contributed by atoms with Crippen LogP contribution < -0.4 is 5.32 Å². The van der Waals surface area contributed by atoms with Gasteiger partial charge in [-0.05, 0) is 12.8 Å². The normalized spacial score (nSPS) is 29.8. The summed E-state index contributed by atoms with van der Waals surface area (Å²) in [5.74, 6) is 0.0376. The second-order valence-corrected chi connectivity index (χ2v) is 3.43. The second-order valence-electron chi connectivity index (χ2n) is 3.43. The summed E-state index contributed by atoms with van der Waals surface area (Å²) in [5.41, 5.74) is 0. The van der Waals surface area contributed by atoms with Crippen LogP contribution in [0.4, 0.5) is 4.39 Å². The lowest BCUT2D eigenvalue weighted by Crippen LogP contribution is -2.46. The highest BCUT2D eigenvalue weighted by molar-refractivity contribution is 5.78. The molecule has 1 amide bonds. The van der Waals surface area contributed by atoms with Gasteiger partial charge in [0.1, 0.15) is 6.17 Å². The molecule has 0 aromatic heterocycles. The van der Waals surface area contributed by atoms with Crippen molar-refractivity contribution >= 4 is 5.91 Å². The number of halogens is 1. The first-order valence-corrected chi connectivity index (χ1v) is 4.04. The number of amides is 1. The summed E-state index contributed by atoms with van der Waals surface area (Å²) in [6.07, 6.45) is 0.309. The minimum absolute atomic E-state index is 0.00802. The molecule has 3 heteroatoms. The molecule has 11 heavy (non-hydrogen) atoms. The fraction of sp³-hybridized carbons (Fsp3) is 0.875. The van der Waals surface area contributed by atoms with Crippen molar-refractivity contribution in [2.45, 2.75) is 38.9 Å². The highest BCUT2D eigenvalue weighted by atomic mass is 19.1. The van der Waals surface area contributed by atoms with Gasteiger partial charge in [0.15, 0.2) is 0 Å². The fourth-order valence-corrected chi connectivity index (χ4v) is 1.03. The van der Waals surface area contributed by atoms with E-state index < -0.39 is 6.17 Å². The van der Waals surface area contributed by atoms with E-state index in [9.17, 15) is 9.18 Å². The van der Waals surface area contributed by atoms with Crippen molar-refractivity contribution in [1.29, 1.82) is 0 Å². The molecule has 2 nitrogen and oxygen atoms in total. The van der Waals surface area contributed by atoms with Gasteiger partial charge in [-0.25, -0.2) is 4.39 Å². The van der Waals surface area contributed by atoms with Crippen LogP contribution in [0.3, 0.4) is 0 Å². The summed E-state index contributed by atoms with van der Waals surface area (Å²) in [5, 5.41) is 2.77. The summed E-state index contributed by atoms with van der Waals surface area (Å²) in [6, 6.07) is 0.0971. The first-order chi connectivity index (χ1) is 5.09. The van der Waals surface area contributed by atoms with Crippen molar-refractivity contribution in [3.8, 4) is 0 Å². The summed E-state index contributed by atoms with van der Waals surface area (Å²) < 4.78 is 12.3. The van der Waals surface area contributed by atoms with Crippen LogP contribution in [-0.2, 0) is 4.79 Å². The van der Waals surface area contributed by atoms with E-state index in [0.29, 0.717) is 12.8 Å². The van der Waals surface area contributed by atoms with E-state index in [0.717, 1.165) is 0 Å². The molecule has 1 fully saturated rings. The smallest absolute Gasteiger partial charge is 0.222 e. The van der Waals surface area contributed by atoms with Gasteiger partial charge >= 0.3 is 0 Å². The molecule has 0 spiro atoms. The zero-order valence-electron chi connectivity index (χ0n) is 6.93. The number of nitrogens with one attached hydrogen (secondary N) is 1. The molecule has 0 unspecified atom stereocenters. The Labute approximate surface area is 66.2 Å². The van der Waals surface area contributed by atoms with Crippen LogP contribution in [0.5, 0.6) is 0 Å². The molecule has 64 valence electrons. The fourth-order valence-electron chi connectivity index (χ4n) is 1.03. The summed E-state index contributed by atoms with van der Waals surface area (Å²) in [6.45, 7) is 3.67. The lowest BCUT2D eigenvalue weighted by Gasteiger charge is -2.30. The van der Waals surface area contributed by atoms with Gasteiger partial charge < -0.3 is 5.32 Å². The van der Waals surface area contributed by atoms with E-state index in [1.807, 2.05) is 13.8 Å². The van der Waals surface area contributed by atoms with Crippen LogP contribution in [0.25, 0.3) is 0 Å². The quantitative estimate of drug-likeness (QED) is 0.645. The first-order valence-electron chi connectivity index (χ1n) is 4.04. The molecule has 1 aliphatic carbocycles. The van der Waals surface area contributed by atoms with Crippen LogP contribution in [0.15, 0.2) is 0 Å². The average Bonchev–Trinajstić information content (AvgIpc) is 1.84. The minimum Gasteiger partial charge on any atom is -0.353 e. The average molecular weight is 159 g/mol. The van der Waals surface area contributed by atoms with Gasteiger partial charge in [0.05, 0.1) is 0 Å². The molecule has 0 aromatic carbocycles. The van der Waals surface area contributed by atoms with Crippen molar-refractivity contribution in [2.24, 2.45) is 5.92 Å². The van der Waals surface area contributed by atoms with Crippen molar-refractivity contribution in [2.75, 3.05) is 0 Å². The van der Waals surface area contributed by atoms with Crippen molar-refractivity contribution in [3.05, 3.63) is 0 Å². The molecule has 1 saturated carbocycles. The Balaban J connectivity index is 2.17. The largest absolute Gasteiger partial charge is 0.353 e. The molecule has 0 saturated heterocycles. The van der Waals surface area contributed by atoms with Gasteiger partial charge in [-0.15, -0.1) is 0 Å². The first kappa shape index (κ1) is 8.50. The Morgan fingerprint density at radius 2 is 2.09 bits per heavy atom. The van der Waals surface area contributed by atoms with Gasteiger partial charge in [-0.3, -0.25) is 4.79 Å². The summed E-state index contributed by atoms with van der Waals surface area (Å²) >= 11 is 0. The molecule has 1 rings (SSSR count). The Hall–Kier alpha value is -0.600. The lowest BCUT2D eigenvalue weighted by molar-refractivity contribution is -0.125. The zero-order chi connectivity index (χ0) is 8.43. The predicted molar refractivity (Wildman–Crippen MR) is 40.9 cm³/mol. The minimum atomic E-state index is -0.688. The Kier molecular flexibility index (Phi) is 2.47. The molecule has 1 N–H and O–H groups in total. The number of rotatable bonds is 2. The Morgan fingerprint density at radius 1 is 1.55 bits per heavy atom. The number of hydrogen-bond acceptors (Lipinski definition) is 1.